The number of thioether (sulfide) groups is 1. The summed E-state index contributed by atoms with van der Waals surface area (Å²) in [6.45, 7) is 2.03. The summed E-state index contributed by atoms with van der Waals surface area (Å²) in [4.78, 5) is 18.0. The van der Waals surface area contributed by atoms with Crippen LogP contribution in [0.4, 0.5) is 0 Å². The van der Waals surface area contributed by atoms with Gasteiger partial charge in [0.05, 0.1) is 5.56 Å². The highest BCUT2D eigenvalue weighted by molar-refractivity contribution is 8.00. The summed E-state index contributed by atoms with van der Waals surface area (Å²) in [6.07, 6.45) is 2.34. The Balaban J connectivity index is 2.08. The summed E-state index contributed by atoms with van der Waals surface area (Å²) in [6, 6.07) is 3.96. The molecule has 94 valence electrons. The number of aromatic nitrogens is 2. The van der Waals surface area contributed by atoms with E-state index in [1.807, 2.05) is 19.1 Å². The van der Waals surface area contributed by atoms with E-state index in [9.17, 15) is 4.79 Å². The fourth-order valence-corrected chi connectivity index (χ4v) is 4.15. The fourth-order valence-electron chi connectivity index (χ4n) is 1.97. The molecule has 1 atom stereocenters. The molecule has 6 heteroatoms. The fraction of sp³-hybridized carbons (Fsp3) is 0.333. The first-order valence-corrected chi connectivity index (χ1v) is 7.82. The van der Waals surface area contributed by atoms with Gasteiger partial charge in [-0.15, -0.1) is 34.7 Å². The van der Waals surface area contributed by atoms with E-state index in [-0.39, 0.29) is 10.8 Å². The van der Waals surface area contributed by atoms with Gasteiger partial charge in [-0.3, -0.25) is 9.36 Å². The van der Waals surface area contributed by atoms with E-state index < -0.39 is 0 Å². The molecule has 3 rings (SSSR count). The van der Waals surface area contributed by atoms with E-state index in [0.29, 0.717) is 5.88 Å². The summed E-state index contributed by atoms with van der Waals surface area (Å²) in [5.41, 5.74) is 0.848. The number of halogens is 1. The molecule has 2 aromatic rings. The quantitative estimate of drug-likeness (QED) is 0.632. The lowest BCUT2D eigenvalue weighted by Gasteiger charge is -2.03. The molecular formula is C12H11ClN2OS2. The summed E-state index contributed by atoms with van der Waals surface area (Å²) in [5.74, 6) is 0.554. The molecule has 0 bridgehead atoms. The van der Waals surface area contributed by atoms with Crippen LogP contribution in [-0.4, -0.2) is 20.7 Å². The number of rotatable bonds is 2. The molecule has 1 aliphatic rings. The van der Waals surface area contributed by atoms with Gasteiger partial charge in [-0.2, -0.15) is 0 Å². The van der Waals surface area contributed by atoms with Crippen molar-refractivity contribution < 1.29 is 0 Å². The van der Waals surface area contributed by atoms with Crippen molar-refractivity contribution in [2.24, 2.45) is 0 Å². The van der Waals surface area contributed by atoms with Gasteiger partial charge in [-0.05, 0) is 25.5 Å². The number of nitrogens with zero attached hydrogens (tertiary/aromatic N) is 2. The van der Waals surface area contributed by atoms with Crippen molar-refractivity contribution in [2.75, 3.05) is 5.88 Å². The third kappa shape index (κ3) is 2.00. The molecule has 0 saturated carbocycles. The lowest BCUT2D eigenvalue weighted by atomic mass is 10.2. The second-order valence-electron chi connectivity index (χ2n) is 4.19. The lowest BCUT2D eigenvalue weighted by molar-refractivity contribution is 0.840. The predicted molar refractivity (Wildman–Crippen MR) is 76.5 cm³/mol. The van der Waals surface area contributed by atoms with Gasteiger partial charge >= 0.3 is 0 Å². The average molecular weight is 299 g/mol. The number of hydrogen-bond acceptors (Lipinski definition) is 4. The number of fused-ring (bicyclic) bond motifs is 1. The molecule has 0 radical (unpaired) electrons. The molecular weight excluding hydrogens is 288 g/mol. The molecule has 2 aromatic heterocycles. The van der Waals surface area contributed by atoms with Gasteiger partial charge in [-0.25, -0.2) is 4.98 Å². The van der Waals surface area contributed by atoms with Gasteiger partial charge in [0.25, 0.3) is 5.56 Å². The first-order chi connectivity index (χ1) is 8.69. The topological polar surface area (TPSA) is 34.9 Å². The molecule has 0 saturated heterocycles. The molecule has 18 heavy (non-hydrogen) atoms. The first kappa shape index (κ1) is 12.3. The van der Waals surface area contributed by atoms with Crippen molar-refractivity contribution in [3.63, 3.8) is 0 Å². The lowest BCUT2D eigenvalue weighted by Crippen LogP contribution is -2.22. The zero-order valence-electron chi connectivity index (χ0n) is 9.72. The number of hydrogen-bond donors (Lipinski definition) is 0. The Morgan fingerprint density at radius 2 is 2.39 bits per heavy atom. The standard InChI is InChI=1S/C12H11ClN2OS2/c1-7-2-3-10(17-7)15-6-14-11-9(12(15)16)4-8(5-13)18-11/h2-3,6,8H,4-5H2,1H3. The summed E-state index contributed by atoms with van der Waals surface area (Å²) >= 11 is 9.06. The number of aryl methyl sites for hydroxylation is 1. The second kappa shape index (κ2) is 4.72. The second-order valence-corrected chi connectivity index (χ2v) is 7.05. The van der Waals surface area contributed by atoms with Crippen LogP contribution in [0.25, 0.3) is 5.00 Å². The summed E-state index contributed by atoms with van der Waals surface area (Å²) < 4.78 is 1.63. The molecule has 0 aliphatic carbocycles. The van der Waals surface area contributed by atoms with Crippen molar-refractivity contribution in [2.45, 2.75) is 23.6 Å². The van der Waals surface area contributed by atoms with Crippen LogP contribution in [0.15, 0.2) is 28.3 Å². The van der Waals surface area contributed by atoms with Gasteiger partial charge in [0.2, 0.25) is 0 Å². The van der Waals surface area contributed by atoms with Gasteiger partial charge in [0, 0.05) is 16.0 Å². The van der Waals surface area contributed by atoms with Crippen molar-refractivity contribution in [1.29, 1.82) is 0 Å². The number of alkyl halides is 1. The number of thiophene rings is 1. The predicted octanol–water partition coefficient (Wildman–Crippen LogP) is 2.86. The maximum Gasteiger partial charge on any atom is 0.262 e. The van der Waals surface area contributed by atoms with Crippen LogP contribution >= 0.6 is 34.7 Å². The maximum absolute atomic E-state index is 12.4. The summed E-state index contributed by atoms with van der Waals surface area (Å²) in [7, 11) is 0. The molecule has 0 spiro atoms. The van der Waals surface area contributed by atoms with E-state index >= 15 is 0 Å². The van der Waals surface area contributed by atoms with Crippen LogP contribution in [-0.2, 0) is 6.42 Å². The van der Waals surface area contributed by atoms with Gasteiger partial charge in [0.15, 0.2) is 0 Å². The maximum atomic E-state index is 12.4. The van der Waals surface area contributed by atoms with Crippen molar-refractivity contribution >= 4 is 34.7 Å². The van der Waals surface area contributed by atoms with E-state index in [4.69, 9.17) is 11.6 Å². The average Bonchev–Trinajstić information content (AvgIpc) is 2.96. The van der Waals surface area contributed by atoms with Gasteiger partial charge in [-0.1, -0.05) is 0 Å². The normalized spacial score (nSPS) is 18.0. The van der Waals surface area contributed by atoms with E-state index in [0.717, 1.165) is 22.0 Å². The Bertz CT molecular complexity index is 650. The minimum absolute atomic E-state index is 0.0435. The van der Waals surface area contributed by atoms with Crippen LogP contribution in [0.1, 0.15) is 10.4 Å². The Morgan fingerprint density at radius 3 is 3.06 bits per heavy atom. The van der Waals surface area contributed by atoms with Crippen LogP contribution in [0.3, 0.4) is 0 Å². The highest BCUT2D eigenvalue weighted by Crippen LogP contribution is 2.34. The first-order valence-electron chi connectivity index (χ1n) is 5.59. The monoisotopic (exact) mass is 298 g/mol. The van der Waals surface area contributed by atoms with Crippen LogP contribution in [0.2, 0.25) is 0 Å². The van der Waals surface area contributed by atoms with E-state index in [1.165, 1.54) is 4.88 Å². The molecule has 1 unspecified atom stereocenters. The summed E-state index contributed by atoms with van der Waals surface area (Å²) in [5, 5.41) is 2.05. The van der Waals surface area contributed by atoms with Crippen molar-refractivity contribution in [3.8, 4) is 5.00 Å². The zero-order chi connectivity index (χ0) is 12.7. The Morgan fingerprint density at radius 1 is 1.56 bits per heavy atom. The Kier molecular flexibility index (Phi) is 3.21. The molecule has 3 heterocycles. The third-order valence-electron chi connectivity index (χ3n) is 2.87. The highest BCUT2D eigenvalue weighted by atomic mass is 35.5. The van der Waals surface area contributed by atoms with Crippen LogP contribution in [0.5, 0.6) is 0 Å². The minimum atomic E-state index is 0.0435. The van der Waals surface area contributed by atoms with E-state index in [1.54, 1.807) is 34.0 Å². The largest absolute Gasteiger partial charge is 0.269 e. The molecule has 0 fully saturated rings. The molecule has 3 nitrogen and oxygen atoms in total. The van der Waals surface area contributed by atoms with Gasteiger partial charge < -0.3 is 0 Å². The zero-order valence-corrected chi connectivity index (χ0v) is 12.1. The molecule has 0 amide bonds. The highest BCUT2D eigenvalue weighted by Gasteiger charge is 2.26. The van der Waals surface area contributed by atoms with E-state index in [2.05, 4.69) is 4.98 Å². The molecule has 1 aliphatic heterocycles. The van der Waals surface area contributed by atoms with Crippen LogP contribution < -0.4 is 5.56 Å². The van der Waals surface area contributed by atoms with Crippen LogP contribution in [0, 0.1) is 6.92 Å². The minimum Gasteiger partial charge on any atom is -0.269 e. The molecule has 0 N–H and O–H groups in total. The Hall–Kier alpha value is -0.780. The third-order valence-corrected chi connectivity index (χ3v) is 5.67. The smallest absolute Gasteiger partial charge is 0.262 e. The van der Waals surface area contributed by atoms with Crippen molar-refractivity contribution in [1.82, 2.24) is 9.55 Å². The van der Waals surface area contributed by atoms with Gasteiger partial charge in [0.1, 0.15) is 16.4 Å². The Labute approximate surface area is 118 Å². The SMILES string of the molecule is Cc1ccc(-n2cnc3c(c2=O)CC(CCl)S3)s1. The van der Waals surface area contributed by atoms with Crippen molar-refractivity contribution in [3.05, 3.63) is 39.3 Å². The molecule has 0 aromatic carbocycles.